The van der Waals surface area contributed by atoms with Crippen LogP contribution in [-0.2, 0) is 14.6 Å². The number of ether oxygens (including phenoxy) is 1. The fourth-order valence-corrected chi connectivity index (χ4v) is 4.00. The van der Waals surface area contributed by atoms with E-state index in [0.29, 0.717) is 12.2 Å². The lowest BCUT2D eigenvalue weighted by Gasteiger charge is -2.14. The van der Waals surface area contributed by atoms with Gasteiger partial charge in [-0.1, -0.05) is 6.07 Å². The number of nitrogens with one attached hydrogen (secondary N) is 2. The van der Waals surface area contributed by atoms with Gasteiger partial charge in [-0.2, -0.15) is 0 Å². The van der Waals surface area contributed by atoms with Gasteiger partial charge in [0, 0.05) is 6.04 Å². The molecule has 0 radical (unpaired) electrons. The maximum atomic E-state index is 11.9. The minimum absolute atomic E-state index is 0.0342. The molecule has 1 aliphatic rings. The average Bonchev–Trinajstić information content (AvgIpc) is 2.75. The van der Waals surface area contributed by atoms with Crippen LogP contribution in [0.25, 0.3) is 0 Å². The van der Waals surface area contributed by atoms with Crippen molar-refractivity contribution >= 4 is 21.4 Å². The Bertz CT molecular complexity index is 628. The molecule has 1 amide bonds. The Morgan fingerprint density at radius 2 is 2.19 bits per heavy atom. The van der Waals surface area contributed by atoms with Gasteiger partial charge in [0.1, 0.15) is 5.75 Å². The first-order valence-electron chi connectivity index (χ1n) is 6.78. The number of anilines is 1. The standard InChI is InChI=1S/C14H20N2O4S/c1-10-3-4-13(20-2)12(7-10)15-8-14(17)16-11-5-6-21(18,19)9-11/h3-4,7,11,15H,5-6,8-9H2,1-2H3,(H,16,17). The van der Waals surface area contributed by atoms with E-state index in [9.17, 15) is 13.2 Å². The number of benzene rings is 1. The molecule has 2 N–H and O–H groups in total. The summed E-state index contributed by atoms with van der Waals surface area (Å²) in [7, 11) is -1.41. The lowest BCUT2D eigenvalue weighted by Crippen LogP contribution is -2.39. The third kappa shape index (κ3) is 4.35. The number of carbonyl (C=O) groups is 1. The number of hydrogen-bond acceptors (Lipinski definition) is 5. The Kier molecular flexibility index (Phi) is 4.72. The van der Waals surface area contributed by atoms with E-state index in [1.54, 1.807) is 7.11 Å². The van der Waals surface area contributed by atoms with E-state index in [0.717, 1.165) is 11.3 Å². The van der Waals surface area contributed by atoms with Crippen molar-refractivity contribution in [3.05, 3.63) is 23.8 Å². The minimum Gasteiger partial charge on any atom is -0.495 e. The fourth-order valence-electron chi connectivity index (χ4n) is 2.32. The van der Waals surface area contributed by atoms with Crippen LogP contribution in [0, 0.1) is 6.92 Å². The molecule has 1 aliphatic heterocycles. The fraction of sp³-hybridized carbons (Fsp3) is 0.500. The number of carbonyl (C=O) groups excluding carboxylic acids is 1. The Balaban J connectivity index is 1.88. The van der Waals surface area contributed by atoms with Gasteiger partial charge in [-0.25, -0.2) is 8.42 Å². The molecule has 0 aromatic heterocycles. The van der Waals surface area contributed by atoms with Gasteiger partial charge in [0.15, 0.2) is 9.84 Å². The molecule has 1 heterocycles. The Labute approximate surface area is 124 Å². The molecule has 1 aromatic carbocycles. The summed E-state index contributed by atoms with van der Waals surface area (Å²) in [5.74, 6) is 0.626. The Morgan fingerprint density at radius 1 is 1.43 bits per heavy atom. The first-order valence-corrected chi connectivity index (χ1v) is 8.60. The summed E-state index contributed by atoms with van der Waals surface area (Å²) in [5.41, 5.74) is 1.80. The summed E-state index contributed by atoms with van der Waals surface area (Å²) >= 11 is 0. The second-order valence-electron chi connectivity index (χ2n) is 5.22. The van der Waals surface area contributed by atoms with Gasteiger partial charge in [-0.05, 0) is 31.0 Å². The molecule has 1 saturated heterocycles. The maximum absolute atomic E-state index is 11.9. The van der Waals surface area contributed by atoms with Crippen molar-refractivity contribution in [1.29, 1.82) is 0 Å². The lowest BCUT2D eigenvalue weighted by molar-refractivity contribution is -0.119. The summed E-state index contributed by atoms with van der Waals surface area (Å²) in [6.45, 7) is 2.03. The van der Waals surface area contributed by atoms with Gasteiger partial charge >= 0.3 is 0 Å². The summed E-state index contributed by atoms with van der Waals surface area (Å²) < 4.78 is 27.9. The van der Waals surface area contributed by atoms with Gasteiger partial charge in [-0.3, -0.25) is 4.79 Å². The summed E-state index contributed by atoms with van der Waals surface area (Å²) in [6.07, 6.45) is 0.488. The predicted octanol–water partition coefficient (Wildman–Crippen LogP) is 0.719. The number of hydrogen-bond donors (Lipinski definition) is 2. The number of sulfone groups is 1. The molecule has 116 valence electrons. The lowest BCUT2D eigenvalue weighted by atomic mass is 10.2. The van der Waals surface area contributed by atoms with Gasteiger partial charge < -0.3 is 15.4 Å². The van der Waals surface area contributed by atoms with Crippen LogP contribution in [-0.4, -0.2) is 45.5 Å². The van der Waals surface area contributed by atoms with E-state index in [4.69, 9.17) is 4.74 Å². The Morgan fingerprint density at radius 3 is 2.81 bits per heavy atom. The Hall–Kier alpha value is -1.76. The van der Waals surface area contributed by atoms with Crippen LogP contribution in [0.5, 0.6) is 5.75 Å². The SMILES string of the molecule is COc1ccc(C)cc1NCC(=O)NC1CCS(=O)(=O)C1. The van der Waals surface area contributed by atoms with E-state index in [2.05, 4.69) is 10.6 Å². The van der Waals surface area contributed by atoms with Crippen molar-refractivity contribution in [2.24, 2.45) is 0 Å². The molecule has 6 nitrogen and oxygen atoms in total. The van der Waals surface area contributed by atoms with E-state index < -0.39 is 9.84 Å². The molecule has 0 spiro atoms. The molecule has 1 fully saturated rings. The smallest absolute Gasteiger partial charge is 0.239 e. The van der Waals surface area contributed by atoms with Crippen molar-refractivity contribution < 1.29 is 17.9 Å². The zero-order valence-corrected chi connectivity index (χ0v) is 13.0. The number of methoxy groups -OCH3 is 1. The topological polar surface area (TPSA) is 84.5 Å². The maximum Gasteiger partial charge on any atom is 0.239 e. The van der Waals surface area contributed by atoms with Crippen molar-refractivity contribution in [3.8, 4) is 5.75 Å². The second-order valence-corrected chi connectivity index (χ2v) is 7.45. The van der Waals surface area contributed by atoms with Crippen LogP contribution >= 0.6 is 0 Å². The quantitative estimate of drug-likeness (QED) is 0.837. The van der Waals surface area contributed by atoms with Gasteiger partial charge in [0.2, 0.25) is 5.91 Å². The first-order chi connectivity index (χ1) is 9.89. The van der Waals surface area contributed by atoms with Crippen LogP contribution < -0.4 is 15.4 Å². The van der Waals surface area contributed by atoms with Gasteiger partial charge in [-0.15, -0.1) is 0 Å². The zero-order chi connectivity index (χ0) is 15.5. The summed E-state index contributed by atoms with van der Waals surface area (Å²) in [6, 6.07) is 5.38. The number of rotatable bonds is 5. The van der Waals surface area contributed by atoms with Crippen molar-refractivity contribution in [2.75, 3.05) is 30.5 Å². The number of amides is 1. The van der Waals surface area contributed by atoms with Crippen LogP contribution in [0.4, 0.5) is 5.69 Å². The van der Waals surface area contributed by atoms with Crippen molar-refractivity contribution in [1.82, 2.24) is 5.32 Å². The molecule has 2 rings (SSSR count). The molecular weight excluding hydrogens is 292 g/mol. The minimum atomic E-state index is -2.98. The van der Waals surface area contributed by atoms with Gasteiger partial charge in [0.05, 0.1) is 30.8 Å². The summed E-state index contributed by atoms with van der Waals surface area (Å²) in [5, 5.41) is 5.75. The first kappa shape index (κ1) is 15.6. The van der Waals surface area contributed by atoms with Crippen molar-refractivity contribution in [3.63, 3.8) is 0 Å². The molecule has 0 saturated carbocycles. The molecule has 21 heavy (non-hydrogen) atoms. The van der Waals surface area contributed by atoms with E-state index in [1.807, 2.05) is 25.1 Å². The highest BCUT2D eigenvalue weighted by Gasteiger charge is 2.28. The third-order valence-electron chi connectivity index (χ3n) is 3.39. The third-order valence-corrected chi connectivity index (χ3v) is 5.16. The van der Waals surface area contributed by atoms with Crippen LogP contribution in [0.2, 0.25) is 0 Å². The largest absolute Gasteiger partial charge is 0.495 e. The number of aryl methyl sites for hydroxylation is 1. The molecule has 1 unspecified atom stereocenters. The van der Waals surface area contributed by atoms with Crippen molar-refractivity contribution in [2.45, 2.75) is 19.4 Å². The van der Waals surface area contributed by atoms with E-state index >= 15 is 0 Å². The molecule has 0 bridgehead atoms. The molecular formula is C14H20N2O4S. The van der Waals surface area contributed by atoms with Crippen LogP contribution in [0.15, 0.2) is 18.2 Å². The molecule has 7 heteroatoms. The van der Waals surface area contributed by atoms with Crippen LogP contribution in [0.1, 0.15) is 12.0 Å². The monoisotopic (exact) mass is 312 g/mol. The average molecular weight is 312 g/mol. The second kappa shape index (κ2) is 6.34. The highest BCUT2D eigenvalue weighted by molar-refractivity contribution is 7.91. The van der Waals surface area contributed by atoms with Crippen LogP contribution in [0.3, 0.4) is 0 Å². The molecule has 1 aromatic rings. The molecule has 1 atom stereocenters. The van der Waals surface area contributed by atoms with E-state index in [-0.39, 0.29) is 30.0 Å². The zero-order valence-electron chi connectivity index (χ0n) is 12.2. The molecule has 0 aliphatic carbocycles. The van der Waals surface area contributed by atoms with E-state index in [1.165, 1.54) is 0 Å². The highest BCUT2D eigenvalue weighted by atomic mass is 32.2. The highest BCUT2D eigenvalue weighted by Crippen LogP contribution is 2.24. The normalized spacial score (nSPS) is 20.0. The van der Waals surface area contributed by atoms with Gasteiger partial charge in [0.25, 0.3) is 0 Å². The predicted molar refractivity (Wildman–Crippen MR) is 81.4 cm³/mol. The summed E-state index contributed by atoms with van der Waals surface area (Å²) in [4.78, 5) is 11.9.